The van der Waals surface area contributed by atoms with Gasteiger partial charge in [-0.15, -0.1) is 12.4 Å². The molecule has 1 amide bonds. The van der Waals surface area contributed by atoms with Crippen LogP contribution >= 0.6 is 12.4 Å². The predicted octanol–water partition coefficient (Wildman–Crippen LogP) is 2.56. The average molecular weight is 393 g/mol. The van der Waals surface area contributed by atoms with E-state index in [-0.39, 0.29) is 42.6 Å². The number of halogens is 4. The second-order valence-corrected chi connectivity index (χ2v) is 6.74. The zero-order chi connectivity index (χ0) is 18.0. The Morgan fingerprint density at radius 3 is 2.81 bits per heavy atom. The van der Waals surface area contributed by atoms with Crippen molar-refractivity contribution in [1.82, 2.24) is 15.2 Å². The van der Waals surface area contributed by atoms with E-state index >= 15 is 0 Å². The summed E-state index contributed by atoms with van der Waals surface area (Å²) in [5, 5.41) is 3.24. The van der Waals surface area contributed by atoms with Gasteiger partial charge in [-0.2, -0.15) is 13.2 Å². The second kappa shape index (κ2) is 8.43. The molecule has 0 saturated carbocycles. The summed E-state index contributed by atoms with van der Waals surface area (Å²) in [4.78, 5) is 20.3. The summed E-state index contributed by atoms with van der Waals surface area (Å²) in [5.74, 6) is -0.304. The number of piperazine rings is 1. The molecule has 2 fully saturated rings. The molecule has 0 spiro atoms. The van der Waals surface area contributed by atoms with Crippen LogP contribution in [0, 0.1) is 5.92 Å². The second-order valence-electron chi connectivity index (χ2n) is 6.74. The first-order valence-corrected chi connectivity index (χ1v) is 8.66. The topological polar surface area (TPSA) is 48.5 Å². The van der Waals surface area contributed by atoms with Gasteiger partial charge in [-0.05, 0) is 31.9 Å². The van der Waals surface area contributed by atoms with Crippen molar-refractivity contribution in [3.8, 4) is 0 Å². The zero-order valence-electron chi connectivity index (χ0n) is 14.6. The number of rotatable bonds is 2. The largest absolute Gasteiger partial charge is 0.419 e. The van der Waals surface area contributed by atoms with Crippen LogP contribution in [0.2, 0.25) is 0 Å². The molecule has 0 aliphatic carbocycles. The van der Waals surface area contributed by atoms with Crippen molar-refractivity contribution < 1.29 is 18.0 Å². The highest BCUT2D eigenvalue weighted by Gasteiger charge is 2.38. The van der Waals surface area contributed by atoms with Gasteiger partial charge >= 0.3 is 6.18 Å². The van der Waals surface area contributed by atoms with E-state index in [4.69, 9.17) is 0 Å². The van der Waals surface area contributed by atoms with Crippen LogP contribution in [0.3, 0.4) is 0 Å². The van der Waals surface area contributed by atoms with E-state index in [2.05, 4.69) is 10.3 Å². The molecule has 146 valence electrons. The Morgan fingerprint density at radius 1 is 1.35 bits per heavy atom. The molecule has 3 heterocycles. The van der Waals surface area contributed by atoms with E-state index in [1.54, 1.807) is 4.90 Å². The molecule has 1 unspecified atom stereocenters. The molecular formula is C17H24ClF3N4O. The number of pyridine rings is 1. The number of carbonyl (C=O) groups excluding carboxylic acids is 1. The third-order valence-electron chi connectivity index (χ3n) is 4.95. The lowest BCUT2D eigenvalue weighted by molar-refractivity contribution is -0.138. The number of nitrogens with one attached hydrogen (secondary N) is 1. The fourth-order valence-corrected chi connectivity index (χ4v) is 3.64. The molecule has 3 rings (SSSR count). The summed E-state index contributed by atoms with van der Waals surface area (Å²) in [6.07, 6.45) is -1.69. The van der Waals surface area contributed by atoms with Crippen LogP contribution in [0.25, 0.3) is 0 Å². The van der Waals surface area contributed by atoms with Crippen LogP contribution < -0.4 is 10.2 Å². The fraction of sp³-hybridized carbons (Fsp3) is 0.647. The van der Waals surface area contributed by atoms with Gasteiger partial charge in [-0.25, -0.2) is 4.98 Å². The fourth-order valence-electron chi connectivity index (χ4n) is 3.64. The quantitative estimate of drug-likeness (QED) is 0.840. The third kappa shape index (κ3) is 4.40. The van der Waals surface area contributed by atoms with E-state index in [1.165, 1.54) is 12.3 Å². The number of carbonyl (C=O) groups is 1. The van der Waals surface area contributed by atoms with Crippen molar-refractivity contribution in [3.05, 3.63) is 23.9 Å². The van der Waals surface area contributed by atoms with E-state index < -0.39 is 11.7 Å². The number of hydrogen-bond donors (Lipinski definition) is 1. The van der Waals surface area contributed by atoms with Crippen LogP contribution in [-0.2, 0) is 11.0 Å². The SMILES string of the molecule is C[C@H]1CNCCN1C(=O)C1CCCN(c2ncccc2C(F)(F)F)C1.Cl. The Kier molecular flexibility index (Phi) is 6.74. The lowest BCUT2D eigenvalue weighted by atomic mass is 9.95. The van der Waals surface area contributed by atoms with Crippen molar-refractivity contribution in [2.24, 2.45) is 5.92 Å². The lowest BCUT2D eigenvalue weighted by Crippen LogP contribution is -2.55. The van der Waals surface area contributed by atoms with E-state index in [0.717, 1.165) is 19.2 Å². The number of nitrogens with zero attached hydrogens (tertiary/aromatic N) is 3. The first-order chi connectivity index (χ1) is 11.9. The summed E-state index contributed by atoms with van der Waals surface area (Å²) >= 11 is 0. The van der Waals surface area contributed by atoms with Crippen molar-refractivity contribution in [3.63, 3.8) is 0 Å². The summed E-state index contributed by atoms with van der Waals surface area (Å²) in [6, 6.07) is 2.45. The molecule has 5 nitrogen and oxygen atoms in total. The number of alkyl halides is 3. The molecule has 26 heavy (non-hydrogen) atoms. The number of amides is 1. The van der Waals surface area contributed by atoms with Gasteiger partial charge in [0.2, 0.25) is 5.91 Å². The molecular weight excluding hydrogens is 369 g/mol. The zero-order valence-corrected chi connectivity index (χ0v) is 15.4. The minimum absolute atomic E-state index is 0. The Bertz CT molecular complexity index is 628. The molecule has 1 aromatic rings. The number of aromatic nitrogens is 1. The normalized spacial score (nSPS) is 24.2. The Labute approximate surface area is 157 Å². The molecule has 2 aliphatic rings. The van der Waals surface area contributed by atoms with Gasteiger partial charge in [0, 0.05) is 45.0 Å². The summed E-state index contributed by atoms with van der Waals surface area (Å²) in [7, 11) is 0. The van der Waals surface area contributed by atoms with Gasteiger partial charge in [0.25, 0.3) is 0 Å². The number of anilines is 1. The highest BCUT2D eigenvalue weighted by molar-refractivity contribution is 5.85. The number of hydrogen-bond acceptors (Lipinski definition) is 4. The van der Waals surface area contributed by atoms with Crippen LogP contribution in [0.15, 0.2) is 18.3 Å². The summed E-state index contributed by atoms with van der Waals surface area (Å²) in [5.41, 5.74) is -0.737. The van der Waals surface area contributed by atoms with Crippen molar-refractivity contribution in [2.75, 3.05) is 37.6 Å². The van der Waals surface area contributed by atoms with Gasteiger partial charge in [-0.1, -0.05) is 0 Å². The van der Waals surface area contributed by atoms with Gasteiger partial charge in [0.1, 0.15) is 5.82 Å². The standard InChI is InChI=1S/C17H23F3N4O.ClH/c1-12-10-21-7-9-24(12)16(25)13-4-3-8-23(11-13)15-14(17(18,19)20)5-2-6-22-15;/h2,5-6,12-13,21H,3-4,7-11H2,1H3;1H/t12-,13?;/m0./s1. The molecule has 2 saturated heterocycles. The molecule has 1 aromatic heterocycles. The molecule has 2 aliphatic heterocycles. The smallest absolute Gasteiger partial charge is 0.355 e. The number of piperidine rings is 1. The minimum Gasteiger partial charge on any atom is -0.355 e. The molecule has 0 radical (unpaired) electrons. The van der Waals surface area contributed by atoms with Gasteiger partial charge in [0.15, 0.2) is 0 Å². The van der Waals surface area contributed by atoms with Gasteiger partial charge in [-0.3, -0.25) is 4.79 Å². The van der Waals surface area contributed by atoms with Crippen molar-refractivity contribution in [2.45, 2.75) is 32.0 Å². The highest BCUT2D eigenvalue weighted by atomic mass is 35.5. The Hall–Kier alpha value is -1.54. The predicted molar refractivity (Wildman–Crippen MR) is 95.5 cm³/mol. The van der Waals surface area contributed by atoms with E-state index in [0.29, 0.717) is 25.9 Å². The van der Waals surface area contributed by atoms with Crippen LogP contribution in [0.4, 0.5) is 19.0 Å². The molecule has 0 aromatic carbocycles. The first kappa shape index (κ1) is 20.8. The van der Waals surface area contributed by atoms with Crippen molar-refractivity contribution in [1.29, 1.82) is 0 Å². The van der Waals surface area contributed by atoms with Gasteiger partial charge < -0.3 is 15.1 Å². The maximum Gasteiger partial charge on any atom is 0.419 e. The van der Waals surface area contributed by atoms with Crippen LogP contribution in [-0.4, -0.2) is 54.6 Å². The summed E-state index contributed by atoms with van der Waals surface area (Å²) < 4.78 is 39.8. The Balaban J connectivity index is 0.00000243. The van der Waals surface area contributed by atoms with Crippen LogP contribution in [0.1, 0.15) is 25.3 Å². The molecule has 9 heteroatoms. The van der Waals surface area contributed by atoms with Gasteiger partial charge in [0.05, 0.1) is 11.5 Å². The maximum atomic E-state index is 13.3. The summed E-state index contributed by atoms with van der Waals surface area (Å²) in [6.45, 7) is 4.92. The monoisotopic (exact) mass is 392 g/mol. The third-order valence-corrected chi connectivity index (χ3v) is 4.95. The van der Waals surface area contributed by atoms with Crippen molar-refractivity contribution >= 4 is 24.1 Å². The molecule has 1 N–H and O–H groups in total. The Morgan fingerprint density at radius 2 is 2.12 bits per heavy atom. The maximum absolute atomic E-state index is 13.3. The average Bonchev–Trinajstić information content (AvgIpc) is 2.61. The highest BCUT2D eigenvalue weighted by Crippen LogP contribution is 2.36. The van der Waals surface area contributed by atoms with E-state index in [9.17, 15) is 18.0 Å². The molecule has 0 bridgehead atoms. The lowest BCUT2D eigenvalue weighted by Gasteiger charge is -2.40. The molecule has 2 atom stereocenters. The minimum atomic E-state index is -4.45. The van der Waals surface area contributed by atoms with E-state index in [1.807, 2.05) is 11.8 Å². The van der Waals surface area contributed by atoms with Crippen LogP contribution in [0.5, 0.6) is 0 Å². The first-order valence-electron chi connectivity index (χ1n) is 8.66.